The average molecular weight is 399 g/mol. The molecular formula is C20H19BrN2O2. The highest BCUT2D eigenvalue weighted by Gasteiger charge is 2.13. The van der Waals surface area contributed by atoms with Crippen LogP contribution in [0.2, 0.25) is 0 Å². The molecule has 0 fully saturated rings. The first-order valence-corrected chi connectivity index (χ1v) is 8.66. The van der Waals surface area contributed by atoms with Crippen LogP contribution in [0.25, 0.3) is 6.08 Å². The molecule has 0 atom stereocenters. The van der Waals surface area contributed by atoms with E-state index >= 15 is 0 Å². The van der Waals surface area contributed by atoms with Crippen LogP contribution in [-0.2, 0) is 4.79 Å². The summed E-state index contributed by atoms with van der Waals surface area (Å²) in [4.78, 5) is 12.5. The van der Waals surface area contributed by atoms with E-state index in [4.69, 9.17) is 4.74 Å². The molecule has 0 aliphatic carbocycles. The fraction of sp³-hybridized carbons (Fsp3) is 0.200. The largest absolute Gasteiger partial charge is 0.493 e. The minimum Gasteiger partial charge on any atom is -0.493 e. The molecule has 5 heteroatoms. The summed E-state index contributed by atoms with van der Waals surface area (Å²) in [5, 5.41) is 12.2. The minimum absolute atomic E-state index is 0.0139. The molecule has 0 aliphatic heterocycles. The molecular weight excluding hydrogens is 380 g/mol. The predicted octanol–water partition coefficient (Wildman–Crippen LogP) is 5.01. The molecule has 4 nitrogen and oxygen atoms in total. The summed E-state index contributed by atoms with van der Waals surface area (Å²) in [6, 6.07) is 13.2. The highest BCUT2D eigenvalue weighted by molar-refractivity contribution is 9.10. The molecule has 0 spiro atoms. The predicted molar refractivity (Wildman–Crippen MR) is 103 cm³/mol. The first-order chi connectivity index (χ1) is 11.9. The van der Waals surface area contributed by atoms with Crippen LogP contribution in [-0.4, -0.2) is 12.5 Å². The number of aryl methyl sites for hydroxylation is 2. The summed E-state index contributed by atoms with van der Waals surface area (Å²) >= 11 is 3.40. The number of nitrogens with one attached hydrogen (secondary N) is 1. The zero-order valence-corrected chi connectivity index (χ0v) is 16.0. The Labute approximate surface area is 156 Å². The lowest BCUT2D eigenvalue weighted by atomic mass is 10.1. The summed E-state index contributed by atoms with van der Waals surface area (Å²) < 4.78 is 6.41. The summed E-state index contributed by atoms with van der Waals surface area (Å²) in [6.07, 6.45) is 1.54. The second-order valence-electron chi connectivity index (χ2n) is 5.56. The smallest absolute Gasteiger partial charge is 0.266 e. The van der Waals surface area contributed by atoms with Crippen molar-refractivity contribution in [2.24, 2.45) is 0 Å². The van der Waals surface area contributed by atoms with Crippen LogP contribution in [0.5, 0.6) is 5.75 Å². The molecule has 0 saturated heterocycles. The van der Waals surface area contributed by atoms with Crippen molar-refractivity contribution in [1.82, 2.24) is 0 Å². The molecule has 2 aromatic carbocycles. The van der Waals surface area contributed by atoms with Crippen LogP contribution < -0.4 is 10.1 Å². The lowest BCUT2D eigenvalue weighted by Gasteiger charge is -2.10. The molecule has 128 valence electrons. The number of hydrogen-bond acceptors (Lipinski definition) is 3. The van der Waals surface area contributed by atoms with E-state index in [0.717, 1.165) is 15.6 Å². The second kappa shape index (κ2) is 8.50. The van der Waals surface area contributed by atoms with Crippen molar-refractivity contribution in [3.63, 3.8) is 0 Å². The SMILES string of the molecule is CCOc1ccc(Br)cc1/C=C(\C#N)C(=O)Nc1cc(C)ccc1C. The van der Waals surface area contributed by atoms with E-state index in [1.165, 1.54) is 6.08 Å². The van der Waals surface area contributed by atoms with Crippen LogP contribution in [0.15, 0.2) is 46.4 Å². The number of amides is 1. The van der Waals surface area contributed by atoms with E-state index in [1.807, 2.05) is 57.2 Å². The Bertz CT molecular complexity index is 866. The van der Waals surface area contributed by atoms with E-state index in [-0.39, 0.29) is 5.57 Å². The molecule has 0 aromatic heterocycles. The van der Waals surface area contributed by atoms with E-state index in [1.54, 1.807) is 6.07 Å². The number of carbonyl (C=O) groups excluding carboxylic acids is 1. The van der Waals surface area contributed by atoms with Crippen molar-refractivity contribution in [2.45, 2.75) is 20.8 Å². The Morgan fingerprint density at radius 1 is 1.28 bits per heavy atom. The molecule has 0 unspecified atom stereocenters. The quantitative estimate of drug-likeness (QED) is 0.568. The van der Waals surface area contributed by atoms with Gasteiger partial charge in [0.25, 0.3) is 5.91 Å². The van der Waals surface area contributed by atoms with Gasteiger partial charge in [0.05, 0.1) is 6.61 Å². The molecule has 0 bridgehead atoms. The Kier molecular flexibility index (Phi) is 6.37. The maximum Gasteiger partial charge on any atom is 0.266 e. The van der Waals surface area contributed by atoms with Crippen molar-refractivity contribution < 1.29 is 9.53 Å². The number of hydrogen-bond donors (Lipinski definition) is 1. The van der Waals surface area contributed by atoms with Gasteiger partial charge in [0.2, 0.25) is 0 Å². The molecule has 0 saturated carbocycles. The van der Waals surface area contributed by atoms with Gasteiger partial charge in [0.15, 0.2) is 0 Å². The van der Waals surface area contributed by atoms with Gasteiger partial charge >= 0.3 is 0 Å². The van der Waals surface area contributed by atoms with Crippen LogP contribution in [0, 0.1) is 25.2 Å². The Balaban J connectivity index is 2.34. The molecule has 1 N–H and O–H groups in total. The number of carbonyl (C=O) groups is 1. The highest BCUT2D eigenvalue weighted by atomic mass is 79.9. The number of rotatable bonds is 5. The number of benzene rings is 2. The van der Waals surface area contributed by atoms with Gasteiger partial charge in [-0.1, -0.05) is 28.1 Å². The summed E-state index contributed by atoms with van der Waals surface area (Å²) in [6.45, 7) is 6.24. The number of nitrogens with zero attached hydrogens (tertiary/aromatic N) is 1. The lowest BCUT2D eigenvalue weighted by Crippen LogP contribution is -2.14. The molecule has 2 rings (SSSR count). The molecule has 0 aliphatic rings. The van der Waals surface area contributed by atoms with Gasteiger partial charge in [0.1, 0.15) is 17.4 Å². The Morgan fingerprint density at radius 3 is 2.72 bits per heavy atom. The topological polar surface area (TPSA) is 62.1 Å². The van der Waals surface area contributed by atoms with Gasteiger partial charge in [0, 0.05) is 15.7 Å². The van der Waals surface area contributed by atoms with E-state index in [2.05, 4.69) is 21.2 Å². The van der Waals surface area contributed by atoms with Gasteiger partial charge < -0.3 is 10.1 Å². The van der Waals surface area contributed by atoms with Crippen molar-refractivity contribution >= 4 is 33.6 Å². The van der Waals surface area contributed by atoms with E-state index in [9.17, 15) is 10.1 Å². The first kappa shape index (κ1) is 18.8. The summed E-state index contributed by atoms with van der Waals surface area (Å²) in [7, 11) is 0. The van der Waals surface area contributed by atoms with Gasteiger partial charge in [-0.05, 0) is 62.2 Å². The fourth-order valence-corrected chi connectivity index (χ4v) is 2.66. The third-order valence-electron chi connectivity index (χ3n) is 3.58. The Morgan fingerprint density at radius 2 is 2.04 bits per heavy atom. The van der Waals surface area contributed by atoms with Gasteiger partial charge in [-0.25, -0.2) is 0 Å². The number of halogens is 1. The van der Waals surface area contributed by atoms with Crippen molar-refractivity contribution in [3.05, 3.63) is 63.1 Å². The van der Waals surface area contributed by atoms with Crippen LogP contribution in [0.3, 0.4) is 0 Å². The van der Waals surface area contributed by atoms with E-state index < -0.39 is 5.91 Å². The van der Waals surface area contributed by atoms with Crippen LogP contribution >= 0.6 is 15.9 Å². The number of ether oxygens (including phenoxy) is 1. The van der Waals surface area contributed by atoms with Gasteiger partial charge in [-0.15, -0.1) is 0 Å². The molecule has 2 aromatic rings. The first-order valence-electron chi connectivity index (χ1n) is 7.87. The summed E-state index contributed by atoms with van der Waals surface area (Å²) in [5.74, 6) is 0.177. The third kappa shape index (κ3) is 4.94. The fourth-order valence-electron chi connectivity index (χ4n) is 2.28. The van der Waals surface area contributed by atoms with Gasteiger partial charge in [-0.3, -0.25) is 4.79 Å². The van der Waals surface area contributed by atoms with Crippen molar-refractivity contribution in [3.8, 4) is 11.8 Å². The Hall–Kier alpha value is -2.58. The van der Waals surface area contributed by atoms with Crippen molar-refractivity contribution in [2.75, 3.05) is 11.9 Å². The maximum absolute atomic E-state index is 12.5. The number of anilines is 1. The molecule has 0 radical (unpaired) electrons. The zero-order chi connectivity index (χ0) is 18.4. The van der Waals surface area contributed by atoms with Crippen molar-refractivity contribution in [1.29, 1.82) is 5.26 Å². The average Bonchev–Trinajstić information content (AvgIpc) is 2.58. The summed E-state index contributed by atoms with van der Waals surface area (Å²) in [5.41, 5.74) is 3.36. The third-order valence-corrected chi connectivity index (χ3v) is 4.07. The molecule has 25 heavy (non-hydrogen) atoms. The van der Waals surface area contributed by atoms with E-state index in [0.29, 0.717) is 23.6 Å². The normalized spacial score (nSPS) is 10.9. The van der Waals surface area contributed by atoms with Crippen LogP contribution in [0.1, 0.15) is 23.6 Å². The second-order valence-corrected chi connectivity index (χ2v) is 6.47. The standard InChI is InChI=1S/C20H19BrN2O2/c1-4-25-19-8-7-17(21)11-15(19)10-16(12-22)20(24)23-18-9-13(2)5-6-14(18)3/h5-11H,4H2,1-3H3,(H,23,24)/b16-10+. The molecule has 1 amide bonds. The van der Waals surface area contributed by atoms with Crippen LogP contribution in [0.4, 0.5) is 5.69 Å². The maximum atomic E-state index is 12.5. The monoisotopic (exact) mass is 398 g/mol. The number of nitriles is 1. The molecule has 0 heterocycles. The van der Waals surface area contributed by atoms with Gasteiger partial charge in [-0.2, -0.15) is 5.26 Å². The lowest BCUT2D eigenvalue weighted by molar-refractivity contribution is -0.112. The zero-order valence-electron chi connectivity index (χ0n) is 14.4. The highest BCUT2D eigenvalue weighted by Crippen LogP contribution is 2.26. The minimum atomic E-state index is -0.446.